The van der Waals surface area contributed by atoms with Crippen molar-refractivity contribution in [2.75, 3.05) is 73.5 Å². The lowest BCUT2D eigenvalue weighted by Crippen LogP contribution is -2.57. The second-order valence-electron chi connectivity index (χ2n) is 8.18. The van der Waals surface area contributed by atoms with E-state index in [1.165, 1.54) is 5.56 Å². The molecule has 2 fully saturated rings. The van der Waals surface area contributed by atoms with Gasteiger partial charge < -0.3 is 15.1 Å². The van der Waals surface area contributed by atoms with Crippen LogP contribution < -0.4 is 5.32 Å². The standard InChI is InChI=1S/C22H38N6/c1-5-21(19-9-7-6-8-10-19)27-13-15-28(16-14-27)22(23-2)24-17-20-18-25(3)11-12-26(20)4/h6-10,20-21H,5,11-18H2,1-4H3,(H,23,24). The van der Waals surface area contributed by atoms with Crippen LogP contribution in [0.1, 0.15) is 24.9 Å². The van der Waals surface area contributed by atoms with Gasteiger partial charge in [0, 0.05) is 71.5 Å². The lowest BCUT2D eigenvalue weighted by molar-refractivity contribution is 0.112. The number of hydrogen-bond acceptors (Lipinski definition) is 4. The van der Waals surface area contributed by atoms with Crippen molar-refractivity contribution < 1.29 is 0 Å². The molecule has 1 aromatic carbocycles. The summed E-state index contributed by atoms with van der Waals surface area (Å²) in [6, 6.07) is 12.0. The minimum atomic E-state index is 0.518. The first-order valence-corrected chi connectivity index (χ1v) is 10.8. The lowest BCUT2D eigenvalue weighted by Gasteiger charge is -2.41. The van der Waals surface area contributed by atoms with Gasteiger partial charge in [-0.05, 0) is 26.1 Å². The Morgan fingerprint density at radius 3 is 2.43 bits per heavy atom. The SMILES string of the molecule is CCC(c1ccccc1)N1CCN(C(=NC)NCC2CN(C)CCN2C)CC1. The molecule has 2 saturated heterocycles. The third-order valence-corrected chi connectivity index (χ3v) is 6.31. The Balaban J connectivity index is 1.51. The Bertz CT molecular complexity index is 611. The van der Waals surface area contributed by atoms with Crippen LogP contribution in [0.4, 0.5) is 0 Å². The predicted molar refractivity (Wildman–Crippen MR) is 118 cm³/mol. The lowest BCUT2D eigenvalue weighted by atomic mass is 10.0. The van der Waals surface area contributed by atoms with E-state index in [0.29, 0.717) is 12.1 Å². The van der Waals surface area contributed by atoms with E-state index in [1.54, 1.807) is 0 Å². The number of nitrogens with one attached hydrogen (secondary N) is 1. The fourth-order valence-electron chi connectivity index (χ4n) is 4.49. The zero-order valence-corrected chi connectivity index (χ0v) is 18.1. The Kier molecular flexibility index (Phi) is 7.71. The molecule has 2 unspecified atom stereocenters. The summed E-state index contributed by atoms with van der Waals surface area (Å²) in [5.74, 6) is 1.05. The van der Waals surface area contributed by atoms with E-state index in [2.05, 4.69) is 81.3 Å². The largest absolute Gasteiger partial charge is 0.355 e. The number of rotatable bonds is 5. The minimum Gasteiger partial charge on any atom is -0.355 e. The van der Waals surface area contributed by atoms with Crippen molar-refractivity contribution in [1.82, 2.24) is 24.9 Å². The van der Waals surface area contributed by atoms with Gasteiger partial charge in [-0.25, -0.2) is 0 Å². The highest BCUT2D eigenvalue weighted by Crippen LogP contribution is 2.25. The van der Waals surface area contributed by atoms with Crippen molar-refractivity contribution in [3.63, 3.8) is 0 Å². The summed E-state index contributed by atoms with van der Waals surface area (Å²) in [5, 5.41) is 3.64. The molecule has 28 heavy (non-hydrogen) atoms. The highest BCUT2D eigenvalue weighted by atomic mass is 15.4. The van der Waals surface area contributed by atoms with Gasteiger partial charge in [0.05, 0.1) is 0 Å². The molecule has 0 aromatic heterocycles. The summed E-state index contributed by atoms with van der Waals surface area (Å²) in [7, 11) is 6.35. The number of aliphatic imine (C=N–C) groups is 1. The first-order valence-electron chi connectivity index (χ1n) is 10.8. The summed E-state index contributed by atoms with van der Waals surface area (Å²) < 4.78 is 0. The first kappa shape index (κ1) is 21.1. The molecule has 1 N–H and O–H groups in total. The maximum Gasteiger partial charge on any atom is 0.193 e. The number of hydrogen-bond donors (Lipinski definition) is 1. The van der Waals surface area contributed by atoms with Crippen LogP contribution in [-0.4, -0.2) is 105 Å². The second-order valence-corrected chi connectivity index (χ2v) is 8.18. The third kappa shape index (κ3) is 5.25. The molecule has 2 aliphatic heterocycles. The van der Waals surface area contributed by atoms with E-state index in [4.69, 9.17) is 0 Å². The van der Waals surface area contributed by atoms with Crippen LogP contribution in [-0.2, 0) is 0 Å². The average molecular weight is 387 g/mol. The van der Waals surface area contributed by atoms with Crippen LogP contribution in [0.2, 0.25) is 0 Å². The number of piperazine rings is 2. The molecule has 0 spiro atoms. The molecule has 0 saturated carbocycles. The molecule has 0 amide bonds. The topological polar surface area (TPSA) is 37.4 Å². The minimum absolute atomic E-state index is 0.518. The van der Waals surface area contributed by atoms with Crippen molar-refractivity contribution in [2.45, 2.75) is 25.4 Å². The molecule has 6 heteroatoms. The highest BCUT2D eigenvalue weighted by molar-refractivity contribution is 5.80. The zero-order chi connectivity index (χ0) is 19.9. The van der Waals surface area contributed by atoms with Gasteiger partial charge in [0.25, 0.3) is 0 Å². The fraction of sp³-hybridized carbons (Fsp3) is 0.682. The molecular weight excluding hydrogens is 348 g/mol. The van der Waals surface area contributed by atoms with Crippen LogP contribution >= 0.6 is 0 Å². The van der Waals surface area contributed by atoms with Crippen LogP contribution in [0.3, 0.4) is 0 Å². The van der Waals surface area contributed by atoms with Crippen LogP contribution in [0.25, 0.3) is 0 Å². The van der Waals surface area contributed by atoms with Gasteiger partial charge in [-0.3, -0.25) is 14.8 Å². The average Bonchev–Trinajstić information content (AvgIpc) is 2.73. The van der Waals surface area contributed by atoms with Crippen LogP contribution in [0.15, 0.2) is 35.3 Å². The van der Waals surface area contributed by atoms with Gasteiger partial charge in [0.15, 0.2) is 5.96 Å². The van der Waals surface area contributed by atoms with E-state index in [0.717, 1.165) is 64.7 Å². The third-order valence-electron chi connectivity index (χ3n) is 6.31. The Hall–Kier alpha value is -1.63. The first-order chi connectivity index (χ1) is 13.6. The number of nitrogens with zero attached hydrogens (tertiary/aromatic N) is 5. The van der Waals surface area contributed by atoms with Crippen molar-refractivity contribution in [2.24, 2.45) is 4.99 Å². The molecule has 0 radical (unpaired) electrons. The summed E-state index contributed by atoms with van der Waals surface area (Å²) >= 11 is 0. The molecule has 2 atom stereocenters. The Morgan fingerprint density at radius 2 is 1.79 bits per heavy atom. The molecule has 2 heterocycles. The summed E-state index contributed by atoms with van der Waals surface area (Å²) in [5.41, 5.74) is 1.44. The Labute approximate surface area is 171 Å². The fourth-order valence-corrected chi connectivity index (χ4v) is 4.49. The molecular formula is C22H38N6. The van der Waals surface area contributed by atoms with Gasteiger partial charge in [0.2, 0.25) is 0 Å². The summed E-state index contributed by atoms with van der Waals surface area (Å²) in [4.78, 5) is 14.5. The molecule has 3 rings (SSSR count). The molecule has 2 aliphatic rings. The van der Waals surface area contributed by atoms with Gasteiger partial charge in [-0.15, -0.1) is 0 Å². The molecule has 156 valence electrons. The quantitative estimate of drug-likeness (QED) is 0.614. The maximum absolute atomic E-state index is 4.57. The van der Waals surface area contributed by atoms with Crippen molar-refractivity contribution in [3.8, 4) is 0 Å². The van der Waals surface area contributed by atoms with E-state index in [9.17, 15) is 0 Å². The predicted octanol–water partition coefficient (Wildman–Crippen LogP) is 1.58. The molecule has 0 bridgehead atoms. The monoisotopic (exact) mass is 386 g/mol. The summed E-state index contributed by atoms with van der Waals surface area (Å²) in [6.45, 7) is 10.9. The van der Waals surface area contributed by atoms with E-state index in [-0.39, 0.29) is 0 Å². The number of benzene rings is 1. The number of guanidine groups is 1. The van der Waals surface area contributed by atoms with Gasteiger partial charge in [-0.1, -0.05) is 37.3 Å². The number of likely N-dealkylation sites (N-methyl/N-ethyl adjacent to an activating group) is 2. The van der Waals surface area contributed by atoms with Crippen LogP contribution in [0.5, 0.6) is 0 Å². The second kappa shape index (κ2) is 10.2. The van der Waals surface area contributed by atoms with Gasteiger partial charge in [-0.2, -0.15) is 0 Å². The highest BCUT2D eigenvalue weighted by Gasteiger charge is 2.26. The van der Waals surface area contributed by atoms with Gasteiger partial charge >= 0.3 is 0 Å². The van der Waals surface area contributed by atoms with E-state index in [1.807, 2.05) is 7.05 Å². The maximum atomic E-state index is 4.57. The smallest absolute Gasteiger partial charge is 0.193 e. The molecule has 0 aliphatic carbocycles. The van der Waals surface area contributed by atoms with Crippen molar-refractivity contribution >= 4 is 5.96 Å². The Morgan fingerprint density at radius 1 is 1.07 bits per heavy atom. The normalized spacial score (nSPS) is 24.4. The molecule has 6 nitrogen and oxygen atoms in total. The van der Waals surface area contributed by atoms with E-state index >= 15 is 0 Å². The van der Waals surface area contributed by atoms with Crippen molar-refractivity contribution in [1.29, 1.82) is 0 Å². The van der Waals surface area contributed by atoms with E-state index < -0.39 is 0 Å². The van der Waals surface area contributed by atoms with Crippen LogP contribution in [0, 0.1) is 0 Å². The molecule has 1 aromatic rings. The zero-order valence-electron chi connectivity index (χ0n) is 18.1. The summed E-state index contributed by atoms with van der Waals surface area (Å²) in [6.07, 6.45) is 1.15. The van der Waals surface area contributed by atoms with Crippen molar-refractivity contribution in [3.05, 3.63) is 35.9 Å². The van der Waals surface area contributed by atoms with Gasteiger partial charge in [0.1, 0.15) is 0 Å².